The second-order valence-electron chi connectivity index (χ2n) is 8.18. The zero-order valence-corrected chi connectivity index (χ0v) is 16.4. The summed E-state index contributed by atoms with van der Waals surface area (Å²) in [6.07, 6.45) is 11.2. The van der Waals surface area contributed by atoms with Crippen LogP contribution >= 0.6 is 0 Å². The van der Waals surface area contributed by atoms with Crippen LogP contribution < -0.4 is 5.69 Å². The topological polar surface area (TPSA) is 86.2 Å². The van der Waals surface area contributed by atoms with E-state index < -0.39 is 0 Å². The van der Waals surface area contributed by atoms with Crippen molar-refractivity contribution in [3.8, 4) is 0 Å². The molecule has 1 saturated carbocycles. The molecule has 0 N–H and O–H groups in total. The van der Waals surface area contributed by atoms with Crippen LogP contribution in [0.25, 0.3) is 11.2 Å². The molecular weight excluding hydrogens is 370 g/mol. The Morgan fingerprint density at radius 1 is 1.17 bits per heavy atom. The van der Waals surface area contributed by atoms with E-state index in [9.17, 15) is 9.59 Å². The van der Waals surface area contributed by atoms with Crippen LogP contribution in [0.1, 0.15) is 55.1 Å². The van der Waals surface area contributed by atoms with Crippen molar-refractivity contribution in [1.29, 1.82) is 0 Å². The third-order valence-corrected chi connectivity index (χ3v) is 6.35. The molecular formula is C21H25N5O3. The Morgan fingerprint density at radius 3 is 2.83 bits per heavy atom. The van der Waals surface area contributed by atoms with Gasteiger partial charge in [-0.3, -0.25) is 13.9 Å². The Balaban J connectivity index is 1.45. The van der Waals surface area contributed by atoms with E-state index in [1.54, 1.807) is 15.7 Å². The van der Waals surface area contributed by atoms with Crippen molar-refractivity contribution in [2.24, 2.45) is 5.92 Å². The molecule has 0 bridgehead atoms. The normalized spacial score (nSPS) is 20.6. The number of imidazole rings is 1. The molecule has 0 unspecified atom stereocenters. The number of carbonyl (C=O) groups is 1. The standard InChI is InChI=1S/C21H25N5O3/c27-20(17-13-29-14-23-17)24-10-8-16(12-24)26-19-18(7-4-9-22-19)25(21(26)28)11-15-5-2-1-3-6-15/h4,7,9,13-16H,1-3,5-6,8,10-12H2/t16-/m1/s1. The Bertz CT molecular complexity index is 1060. The molecule has 1 amide bonds. The molecule has 0 aromatic carbocycles. The summed E-state index contributed by atoms with van der Waals surface area (Å²) in [5.41, 5.74) is 1.90. The number of likely N-dealkylation sites (tertiary alicyclic amines) is 1. The van der Waals surface area contributed by atoms with Crippen molar-refractivity contribution in [3.05, 3.63) is 47.2 Å². The molecule has 1 atom stereocenters. The van der Waals surface area contributed by atoms with Crippen molar-refractivity contribution < 1.29 is 9.21 Å². The van der Waals surface area contributed by atoms with Gasteiger partial charge >= 0.3 is 5.69 Å². The molecule has 152 valence electrons. The molecule has 0 radical (unpaired) electrons. The number of nitrogens with zero attached hydrogens (tertiary/aromatic N) is 5. The number of aromatic nitrogens is 4. The van der Waals surface area contributed by atoms with Crippen molar-refractivity contribution in [2.45, 2.75) is 51.1 Å². The minimum atomic E-state index is -0.159. The average molecular weight is 395 g/mol. The fourth-order valence-corrected chi connectivity index (χ4v) is 4.86. The lowest BCUT2D eigenvalue weighted by molar-refractivity contribution is 0.0782. The summed E-state index contributed by atoms with van der Waals surface area (Å²) in [4.78, 5) is 36.2. The van der Waals surface area contributed by atoms with Crippen LogP contribution in [0.3, 0.4) is 0 Å². The lowest BCUT2D eigenvalue weighted by Gasteiger charge is -2.21. The lowest BCUT2D eigenvalue weighted by Crippen LogP contribution is -2.33. The molecule has 3 aromatic heterocycles. The van der Waals surface area contributed by atoms with Gasteiger partial charge in [0.15, 0.2) is 17.7 Å². The van der Waals surface area contributed by atoms with E-state index in [0.29, 0.717) is 30.3 Å². The van der Waals surface area contributed by atoms with Gasteiger partial charge in [0.1, 0.15) is 6.26 Å². The van der Waals surface area contributed by atoms with E-state index in [0.717, 1.165) is 18.5 Å². The summed E-state index contributed by atoms with van der Waals surface area (Å²) in [5.74, 6) is 0.391. The fourth-order valence-electron chi connectivity index (χ4n) is 4.86. The Kier molecular flexibility index (Phi) is 4.69. The predicted molar refractivity (Wildman–Crippen MR) is 107 cm³/mol. The number of rotatable bonds is 4. The molecule has 2 fully saturated rings. The minimum Gasteiger partial charge on any atom is -0.451 e. The summed E-state index contributed by atoms with van der Waals surface area (Å²) in [6, 6.07) is 3.79. The van der Waals surface area contributed by atoms with Crippen LogP contribution in [0.2, 0.25) is 0 Å². The molecule has 4 heterocycles. The first-order valence-corrected chi connectivity index (χ1v) is 10.5. The fraction of sp³-hybridized carbons (Fsp3) is 0.524. The van der Waals surface area contributed by atoms with E-state index in [4.69, 9.17) is 4.42 Å². The highest BCUT2D eigenvalue weighted by Crippen LogP contribution is 2.28. The molecule has 3 aromatic rings. The molecule has 1 aliphatic heterocycles. The Labute approximate surface area is 168 Å². The molecule has 1 aliphatic carbocycles. The first-order valence-electron chi connectivity index (χ1n) is 10.5. The van der Waals surface area contributed by atoms with Gasteiger partial charge in [-0.2, -0.15) is 0 Å². The van der Waals surface area contributed by atoms with Gasteiger partial charge in [-0.1, -0.05) is 19.3 Å². The molecule has 5 rings (SSSR count). The number of amides is 1. The number of fused-ring (bicyclic) bond motifs is 1. The molecule has 8 heteroatoms. The Morgan fingerprint density at radius 2 is 2.03 bits per heavy atom. The van der Waals surface area contributed by atoms with Gasteiger partial charge in [-0.05, 0) is 37.3 Å². The van der Waals surface area contributed by atoms with Crippen LogP contribution in [0, 0.1) is 5.92 Å². The predicted octanol–water partition coefficient (Wildman–Crippen LogP) is 2.85. The average Bonchev–Trinajstić information content (AvgIpc) is 3.49. The SMILES string of the molecule is O=C(c1cocn1)N1CC[C@@H](n2c(=O)n(CC3CCCCC3)c3cccnc32)C1. The number of oxazole rings is 1. The van der Waals surface area contributed by atoms with Gasteiger partial charge < -0.3 is 9.32 Å². The molecule has 29 heavy (non-hydrogen) atoms. The molecule has 2 aliphatic rings. The van der Waals surface area contributed by atoms with Gasteiger partial charge in [0.25, 0.3) is 5.91 Å². The van der Waals surface area contributed by atoms with Crippen molar-refractivity contribution in [3.63, 3.8) is 0 Å². The number of carbonyl (C=O) groups excluding carboxylic acids is 1. The van der Waals surface area contributed by atoms with Gasteiger partial charge in [0, 0.05) is 25.8 Å². The minimum absolute atomic E-state index is 0.00925. The maximum absolute atomic E-state index is 13.4. The highest BCUT2D eigenvalue weighted by molar-refractivity contribution is 5.92. The number of hydrogen-bond donors (Lipinski definition) is 0. The van der Waals surface area contributed by atoms with Gasteiger partial charge in [-0.15, -0.1) is 0 Å². The van der Waals surface area contributed by atoms with E-state index in [1.807, 2.05) is 16.7 Å². The third kappa shape index (κ3) is 3.26. The zero-order chi connectivity index (χ0) is 19.8. The monoisotopic (exact) mass is 395 g/mol. The smallest absolute Gasteiger partial charge is 0.330 e. The van der Waals surface area contributed by atoms with Crippen molar-refractivity contribution >= 4 is 17.1 Å². The Hall–Kier alpha value is -2.90. The van der Waals surface area contributed by atoms with Crippen LogP contribution in [-0.4, -0.2) is 43.0 Å². The maximum atomic E-state index is 13.4. The number of hydrogen-bond acceptors (Lipinski definition) is 5. The van der Waals surface area contributed by atoms with Crippen molar-refractivity contribution in [2.75, 3.05) is 13.1 Å². The largest absolute Gasteiger partial charge is 0.451 e. The van der Waals surface area contributed by atoms with Crippen molar-refractivity contribution in [1.82, 2.24) is 24.0 Å². The second kappa shape index (κ2) is 7.50. The summed E-state index contributed by atoms with van der Waals surface area (Å²) < 4.78 is 8.63. The van der Waals surface area contributed by atoms with E-state index >= 15 is 0 Å². The summed E-state index contributed by atoms with van der Waals surface area (Å²) in [5, 5.41) is 0. The van der Waals surface area contributed by atoms with Crippen LogP contribution in [-0.2, 0) is 6.54 Å². The summed E-state index contributed by atoms with van der Waals surface area (Å²) >= 11 is 0. The van der Waals surface area contributed by atoms with Crippen LogP contribution in [0.4, 0.5) is 0 Å². The first kappa shape index (κ1) is 18.1. The van der Waals surface area contributed by atoms with Crippen LogP contribution in [0.5, 0.6) is 0 Å². The second-order valence-corrected chi connectivity index (χ2v) is 8.18. The van der Waals surface area contributed by atoms with Gasteiger partial charge in [0.2, 0.25) is 0 Å². The zero-order valence-electron chi connectivity index (χ0n) is 16.4. The van der Waals surface area contributed by atoms with Gasteiger partial charge in [-0.25, -0.2) is 14.8 Å². The van der Waals surface area contributed by atoms with Gasteiger partial charge in [0.05, 0.1) is 11.6 Å². The van der Waals surface area contributed by atoms with E-state index in [-0.39, 0.29) is 17.6 Å². The summed E-state index contributed by atoms with van der Waals surface area (Å²) in [7, 11) is 0. The quantitative estimate of drug-likeness (QED) is 0.678. The number of pyridine rings is 1. The molecule has 0 spiro atoms. The first-order chi connectivity index (χ1) is 14.2. The highest BCUT2D eigenvalue weighted by Gasteiger charge is 2.32. The third-order valence-electron chi connectivity index (χ3n) is 6.35. The lowest BCUT2D eigenvalue weighted by atomic mass is 9.89. The molecule has 8 nitrogen and oxygen atoms in total. The maximum Gasteiger partial charge on any atom is 0.330 e. The summed E-state index contributed by atoms with van der Waals surface area (Å²) in [6.45, 7) is 1.82. The van der Waals surface area contributed by atoms with Crippen LogP contribution in [0.15, 0.2) is 40.2 Å². The van der Waals surface area contributed by atoms with E-state index in [2.05, 4.69) is 9.97 Å². The molecule has 1 saturated heterocycles. The van der Waals surface area contributed by atoms with E-state index in [1.165, 1.54) is 44.8 Å². The highest BCUT2D eigenvalue weighted by atomic mass is 16.3.